The minimum absolute atomic E-state index is 0.0132. The Labute approximate surface area is 106 Å². The Morgan fingerprint density at radius 2 is 2.17 bits per heavy atom. The number of hydrogen-bond donors (Lipinski definition) is 0. The van der Waals surface area contributed by atoms with Gasteiger partial charge < -0.3 is 4.42 Å². The molecule has 0 bridgehead atoms. The van der Waals surface area contributed by atoms with E-state index in [1.807, 2.05) is 20.8 Å². The lowest BCUT2D eigenvalue weighted by molar-refractivity contribution is 0.0987. The van der Waals surface area contributed by atoms with Gasteiger partial charge in [0.25, 0.3) is 0 Å². The Morgan fingerprint density at radius 3 is 2.72 bits per heavy atom. The third-order valence-corrected chi connectivity index (χ3v) is 2.80. The highest BCUT2D eigenvalue weighted by atomic mass is 16.3. The lowest BCUT2D eigenvalue weighted by Gasteiger charge is -2.08. The van der Waals surface area contributed by atoms with Crippen molar-refractivity contribution >= 4 is 5.78 Å². The van der Waals surface area contributed by atoms with Gasteiger partial charge in [-0.15, -0.1) is 0 Å². The summed E-state index contributed by atoms with van der Waals surface area (Å²) in [6.45, 7) is 7.65. The van der Waals surface area contributed by atoms with Crippen LogP contribution >= 0.6 is 0 Å². The van der Waals surface area contributed by atoms with E-state index >= 15 is 0 Å². The van der Waals surface area contributed by atoms with Crippen LogP contribution in [0.1, 0.15) is 47.6 Å². The van der Waals surface area contributed by atoms with Gasteiger partial charge in [-0.3, -0.25) is 4.79 Å². The van der Waals surface area contributed by atoms with Crippen molar-refractivity contribution in [1.29, 1.82) is 0 Å². The van der Waals surface area contributed by atoms with Gasteiger partial charge in [-0.25, -0.2) is 9.67 Å². The molecule has 18 heavy (non-hydrogen) atoms. The maximum atomic E-state index is 12.2. The van der Waals surface area contributed by atoms with Crippen molar-refractivity contribution < 1.29 is 9.21 Å². The summed E-state index contributed by atoms with van der Waals surface area (Å²) < 4.78 is 7.13. The number of carbonyl (C=O) groups is 1. The van der Waals surface area contributed by atoms with Gasteiger partial charge in [-0.2, -0.15) is 5.10 Å². The zero-order valence-corrected chi connectivity index (χ0v) is 11.1. The van der Waals surface area contributed by atoms with E-state index in [0.717, 1.165) is 5.76 Å². The standard InChI is InChI=1S/C13H17N3O2/c1-8(2)16-13(14-7-15-16)6-12(17)11-5-9(3)18-10(11)4/h5,7-8H,6H2,1-4H3. The second kappa shape index (κ2) is 4.76. The Bertz CT molecular complexity index is 567. The van der Waals surface area contributed by atoms with Crippen molar-refractivity contribution in [3.8, 4) is 0 Å². The third kappa shape index (κ3) is 2.34. The number of rotatable bonds is 4. The van der Waals surface area contributed by atoms with E-state index in [4.69, 9.17) is 4.42 Å². The molecule has 0 N–H and O–H groups in total. The van der Waals surface area contributed by atoms with E-state index in [1.54, 1.807) is 17.7 Å². The molecule has 0 spiro atoms. The second-order valence-corrected chi connectivity index (χ2v) is 4.64. The number of Topliss-reactive ketones (excluding diaryl/α,β-unsaturated/α-hetero) is 1. The Kier molecular flexibility index (Phi) is 3.32. The van der Waals surface area contributed by atoms with Gasteiger partial charge in [0.15, 0.2) is 5.78 Å². The van der Waals surface area contributed by atoms with Crippen LogP contribution in [0.15, 0.2) is 16.8 Å². The fourth-order valence-corrected chi connectivity index (χ4v) is 1.98. The van der Waals surface area contributed by atoms with Crippen LogP contribution in [0.5, 0.6) is 0 Å². The van der Waals surface area contributed by atoms with Gasteiger partial charge in [0.2, 0.25) is 0 Å². The summed E-state index contributed by atoms with van der Waals surface area (Å²) in [5, 5.41) is 4.12. The van der Waals surface area contributed by atoms with Crippen LogP contribution in [-0.2, 0) is 6.42 Å². The fourth-order valence-electron chi connectivity index (χ4n) is 1.98. The highest BCUT2D eigenvalue weighted by Crippen LogP contribution is 2.16. The molecule has 5 nitrogen and oxygen atoms in total. The monoisotopic (exact) mass is 247 g/mol. The molecule has 2 rings (SSSR count). The largest absolute Gasteiger partial charge is 0.466 e. The lowest BCUT2D eigenvalue weighted by Crippen LogP contribution is -2.13. The Hall–Kier alpha value is -1.91. The van der Waals surface area contributed by atoms with Crippen molar-refractivity contribution in [3.63, 3.8) is 0 Å². The summed E-state index contributed by atoms with van der Waals surface area (Å²) in [7, 11) is 0. The molecular formula is C13H17N3O2. The normalized spacial score (nSPS) is 11.2. The number of nitrogens with zero attached hydrogens (tertiary/aromatic N) is 3. The molecule has 0 aliphatic rings. The summed E-state index contributed by atoms with van der Waals surface area (Å²) in [6.07, 6.45) is 1.73. The number of aryl methyl sites for hydroxylation is 2. The average molecular weight is 247 g/mol. The second-order valence-electron chi connectivity index (χ2n) is 4.64. The van der Waals surface area contributed by atoms with E-state index in [2.05, 4.69) is 10.1 Å². The van der Waals surface area contributed by atoms with Crippen LogP contribution in [0.4, 0.5) is 0 Å². The molecule has 0 aromatic carbocycles. The zero-order chi connectivity index (χ0) is 13.3. The van der Waals surface area contributed by atoms with E-state index in [9.17, 15) is 4.79 Å². The molecule has 0 unspecified atom stereocenters. The molecule has 0 aliphatic heterocycles. The molecule has 2 aromatic heterocycles. The molecule has 2 heterocycles. The maximum absolute atomic E-state index is 12.2. The summed E-state index contributed by atoms with van der Waals surface area (Å²) in [5.74, 6) is 2.11. The van der Waals surface area contributed by atoms with E-state index in [-0.39, 0.29) is 18.2 Å². The van der Waals surface area contributed by atoms with Crippen LogP contribution in [0, 0.1) is 13.8 Å². The molecule has 0 amide bonds. The van der Waals surface area contributed by atoms with Crippen LogP contribution in [0.3, 0.4) is 0 Å². The molecule has 0 radical (unpaired) electrons. The molecule has 0 fully saturated rings. The first-order valence-corrected chi connectivity index (χ1v) is 5.97. The van der Waals surface area contributed by atoms with Gasteiger partial charge in [-0.1, -0.05) is 0 Å². The number of ketones is 1. The first-order valence-electron chi connectivity index (χ1n) is 5.97. The predicted molar refractivity (Wildman–Crippen MR) is 66.6 cm³/mol. The smallest absolute Gasteiger partial charge is 0.173 e. The topological polar surface area (TPSA) is 60.9 Å². The van der Waals surface area contributed by atoms with Gasteiger partial charge in [0, 0.05) is 6.04 Å². The van der Waals surface area contributed by atoms with E-state index in [0.29, 0.717) is 17.1 Å². The number of carbonyl (C=O) groups excluding carboxylic acids is 1. The highest BCUT2D eigenvalue weighted by Gasteiger charge is 2.17. The van der Waals surface area contributed by atoms with Crippen molar-refractivity contribution in [2.45, 2.75) is 40.2 Å². The third-order valence-electron chi connectivity index (χ3n) is 2.80. The molecule has 0 saturated heterocycles. The zero-order valence-electron chi connectivity index (χ0n) is 11.1. The quantitative estimate of drug-likeness (QED) is 0.779. The van der Waals surface area contributed by atoms with Crippen molar-refractivity contribution in [3.05, 3.63) is 35.3 Å². The van der Waals surface area contributed by atoms with Crippen LogP contribution in [-0.4, -0.2) is 20.5 Å². The molecule has 96 valence electrons. The predicted octanol–water partition coefficient (Wildman–Crippen LogP) is 2.49. The maximum Gasteiger partial charge on any atom is 0.173 e. The molecule has 0 saturated carbocycles. The molecule has 2 aromatic rings. The highest BCUT2D eigenvalue weighted by molar-refractivity contribution is 5.98. The van der Waals surface area contributed by atoms with Gasteiger partial charge >= 0.3 is 0 Å². The fraction of sp³-hybridized carbons (Fsp3) is 0.462. The van der Waals surface area contributed by atoms with E-state index in [1.165, 1.54) is 6.33 Å². The SMILES string of the molecule is Cc1cc(C(=O)Cc2ncnn2C(C)C)c(C)o1. The van der Waals surface area contributed by atoms with E-state index < -0.39 is 0 Å². The van der Waals surface area contributed by atoms with Crippen LogP contribution in [0.2, 0.25) is 0 Å². The molecule has 5 heteroatoms. The minimum Gasteiger partial charge on any atom is -0.466 e. The first-order chi connectivity index (χ1) is 8.49. The van der Waals surface area contributed by atoms with Crippen LogP contribution < -0.4 is 0 Å². The minimum atomic E-state index is 0.0132. The lowest BCUT2D eigenvalue weighted by atomic mass is 10.1. The Balaban J connectivity index is 2.21. The van der Waals surface area contributed by atoms with Crippen molar-refractivity contribution in [1.82, 2.24) is 14.8 Å². The summed E-state index contributed by atoms with van der Waals surface area (Å²) in [5.41, 5.74) is 0.630. The van der Waals surface area contributed by atoms with Gasteiger partial charge in [-0.05, 0) is 33.8 Å². The molecular weight excluding hydrogens is 230 g/mol. The van der Waals surface area contributed by atoms with Gasteiger partial charge in [0.1, 0.15) is 23.7 Å². The average Bonchev–Trinajstić information content (AvgIpc) is 2.85. The molecule has 0 atom stereocenters. The summed E-state index contributed by atoms with van der Waals surface area (Å²) >= 11 is 0. The first kappa shape index (κ1) is 12.5. The summed E-state index contributed by atoms with van der Waals surface area (Å²) in [6, 6.07) is 1.97. The number of hydrogen-bond acceptors (Lipinski definition) is 4. The Morgan fingerprint density at radius 1 is 1.44 bits per heavy atom. The van der Waals surface area contributed by atoms with Crippen molar-refractivity contribution in [2.24, 2.45) is 0 Å². The van der Waals surface area contributed by atoms with Crippen molar-refractivity contribution in [2.75, 3.05) is 0 Å². The summed E-state index contributed by atoms with van der Waals surface area (Å²) in [4.78, 5) is 16.3. The van der Waals surface area contributed by atoms with Crippen LogP contribution in [0.25, 0.3) is 0 Å². The molecule has 0 aliphatic carbocycles. The van der Waals surface area contributed by atoms with Gasteiger partial charge in [0.05, 0.1) is 12.0 Å². The number of aromatic nitrogens is 3. The number of furan rings is 1.